The van der Waals surface area contributed by atoms with Gasteiger partial charge in [-0.25, -0.2) is 13.8 Å². The summed E-state index contributed by atoms with van der Waals surface area (Å²) >= 11 is 0. The Bertz CT molecular complexity index is 1260. The summed E-state index contributed by atoms with van der Waals surface area (Å²) < 4.78 is 29.3. The Labute approximate surface area is 203 Å². The molecule has 4 aliphatic rings. The van der Waals surface area contributed by atoms with Gasteiger partial charge in [-0.3, -0.25) is 4.79 Å². The third-order valence-electron chi connectivity index (χ3n) is 8.99. The molecule has 3 saturated carbocycles. The molecule has 1 aliphatic heterocycles. The van der Waals surface area contributed by atoms with E-state index in [9.17, 15) is 18.7 Å². The zero-order valence-electron chi connectivity index (χ0n) is 19.5. The fourth-order valence-electron chi connectivity index (χ4n) is 6.72. The molecule has 1 amide bonds. The molecule has 7 heteroatoms. The minimum absolute atomic E-state index is 0.0504. The van der Waals surface area contributed by atoms with Crippen LogP contribution in [0.5, 0.6) is 0 Å². The molecule has 0 spiro atoms. The van der Waals surface area contributed by atoms with Gasteiger partial charge >= 0.3 is 0 Å². The maximum absolute atomic E-state index is 14.0. The number of hydrogen-bond donors (Lipinski definition) is 2. The normalized spacial score (nSPS) is 27.3. The largest absolute Gasteiger partial charge is 0.392 e. The maximum Gasteiger partial charge on any atom is 0.226 e. The van der Waals surface area contributed by atoms with E-state index >= 15 is 0 Å². The maximum atomic E-state index is 14.0. The van der Waals surface area contributed by atoms with Gasteiger partial charge in [-0.15, -0.1) is 0 Å². The van der Waals surface area contributed by atoms with Crippen molar-refractivity contribution in [2.24, 2.45) is 10.8 Å². The van der Waals surface area contributed by atoms with E-state index in [1.54, 1.807) is 0 Å². The molecule has 2 aromatic carbocycles. The summed E-state index contributed by atoms with van der Waals surface area (Å²) in [6.07, 6.45) is 8.47. The van der Waals surface area contributed by atoms with E-state index in [-0.39, 0.29) is 29.5 Å². The number of carbonyl (C=O) groups is 1. The molecule has 2 unspecified atom stereocenters. The summed E-state index contributed by atoms with van der Waals surface area (Å²) in [5, 5.41) is 14.4. The second-order valence-corrected chi connectivity index (χ2v) is 10.6. The van der Waals surface area contributed by atoms with E-state index in [1.165, 1.54) is 23.3 Å². The first-order valence-electron chi connectivity index (χ1n) is 12.4. The molecule has 2 bridgehead atoms. The smallest absolute Gasteiger partial charge is 0.226 e. The Morgan fingerprint density at radius 2 is 1.86 bits per heavy atom. The van der Waals surface area contributed by atoms with Crippen LogP contribution in [-0.4, -0.2) is 26.7 Å². The minimum atomic E-state index is -0.647. The van der Waals surface area contributed by atoms with Crippen LogP contribution in [0, 0.1) is 22.5 Å². The molecule has 0 saturated heterocycles. The van der Waals surface area contributed by atoms with E-state index in [4.69, 9.17) is 0 Å². The van der Waals surface area contributed by atoms with Gasteiger partial charge in [0, 0.05) is 29.2 Å². The summed E-state index contributed by atoms with van der Waals surface area (Å²) in [4.78, 5) is 17.5. The van der Waals surface area contributed by atoms with Gasteiger partial charge in [0.1, 0.15) is 11.6 Å². The van der Waals surface area contributed by atoms with Gasteiger partial charge in [-0.2, -0.15) is 0 Å². The summed E-state index contributed by atoms with van der Waals surface area (Å²) in [6, 6.07) is 11.8. The molecule has 3 fully saturated rings. The number of rotatable bonds is 6. The number of halogens is 2. The van der Waals surface area contributed by atoms with Crippen LogP contribution in [0.3, 0.4) is 0 Å². The zero-order chi connectivity index (χ0) is 24.2. The van der Waals surface area contributed by atoms with Crippen LogP contribution >= 0.6 is 0 Å². The number of hydrogen-bond acceptors (Lipinski definition) is 3. The molecule has 2 heterocycles. The topological polar surface area (TPSA) is 67.2 Å². The van der Waals surface area contributed by atoms with Gasteiger partial charge in [0.25, 0.3) is 0 Å². The van der Waals surface area contributed by atoms with Crippen molar-refractivity contribution in [3.05, 3.63) is 77.8 Å². The number of amides is 1. The lowest BCUT2D eigenvalue weighted by Crippen LogP contribution is -2.53. The molecule has 182 valence electrons. The average Bonchev–Trinajstić information content (AvgIpc) is 3.47. The highest BCUT2D eigenvalue weighted by Crippen LogP contribution is 2.59. The molecule has 0 radical (unpaired) electrons. The van der Waals surface area contributed by atoms with E-state index in [2.05, 4.69) is 27.0 Å². The van der Waals surface area contributed by atoms with E-state index < -0.39 is 23.2 Å². The number of fused-ring (bicyclic) bond motifs is 6. The van der Waals surface area contributed by atoms with Gasteiger partial charge < -0.3 is 15.0 Å². The third kappa shape index (κ3) is 3.59. The Morgan fingerprint density at radius 3 is 2.60 bits per heavy atom. The third-order valence-corrected chi connectivity index (χ3v) is 8.99. The van der Waals surface area contributed by atoms with Crippen molar-refractivity contribution in [1.29, 1.82) is 0 Å². The lowest BCUT2D eigenvalue weighted by atomic mass is 9.51. The predicted octanol–water partition coefficient (Wildman–Crippen LogP) is 5.14. The van der Waals surface area contributed by atoms with E-state index in [1.807, 2.05) is 24.7 Å². The zero-order valence-corrected chi connectivity index (χ0v) is 19.5. The number of aromatic nitrogens is 2. The number of aliphatic hydroxyl groups is 1. The van der Waals surface area contributed by atoms with Crippen LogP contribution < -0.4 is 5.32 Å². The summed E-state index contributed by atoms with van der Waals surface area (Å²) in [7, 11) is 0. The van der Waals surface area contributed by atoms with Crippen molar-refractivity contribution in [2.75, 3.05) is 0 Å². The first-order chi connectivity index (χ1) is 16.9. The molecule has 1 aromatic heterocycles. The Balaban J connectivity index is 1.12. The van der Waals surface area contributed by atoms with Crippen LogP contribution in [0.4, 0.5) is 8.78 Å². The highest BCUT2D eigenvalue weighted by atomic mass is 19.1. The predicted molar refractivity (Wildman–Crippen MR) is 127 cm³/mol. The highest BCUT2D eigenvalue weighted by Gasteiger charge is 2.55. The fourth-order valence-corrected chi connectivity index (χ4v) is 6.72. The lowest BCUT2D eigenvalue weighted by Gasteiger charge is -2.54. The van der Waals surface area contributed by atoms with Crippen LogP contribution in [-0.2, 0) is 11.3 Å². The van der Waals surface area contributed by atoms with Crippen molar-refractivity contribution in [2.45, 2.75) is 63.6 Å². The molecule has 2 atom stereocenters. The van der Waals surface area contributed by atoms with E-state index in [0.717, 1.165) is 50.3 Å². The highest BCUT2D eigenvalue weighted by molar-refractivity contribution is 5.83. The number of aliphatic hydroxyl groups excluding tert-OH is 1. The number of benzene rings is 2. The van der Waals surface area contributed by atoms with Gasteiger partial charge in [-0.1, -0.05) is 30.3 Å². The summed E-state index contributed by atoms with van der Waals surface area (Å²) in [5.41, 5.74) is 3.15. The Kier molecular flexibility index (Phi) is 5.29. The van der Waals surface area contributed by atoms with Crippen LogP contribution in [0.25, 0.3) is 11.3 Å². The van der Waals surface area contributed by atoms with Crippen molar-refractivity contribution in [3.63, 3.8) is 0 Å². The second-order valence-electron chi connectivity index (χ2n) is 10.6. The van der Waals surface area contributed by atoms with Crippen molar-refractivity contribution in [1.82, 2.24) is 14.9 Å². The number of imidazole rings is 1. The standard InChI is InChI=1S/C28H29F2N3O2/c29-19-6-5-18(22(30)13-19)15-32-26(35)28-10-7-27(8-11-28,9-12-28)25(34)14-23-20-3-1-2-4-21(20)24-16-31-17-33(23)24/h1-6,13,16-17,23,25,34H,7-12,14-15H2,(H,32,35). The van der Waals surface area contributed by atoms with Crippen LogP contribution in [0.2, 0.25) is 0 Å². The van der Waals surface area contributed by atoms with Crippen molar-refractivity contribution < 1.29 is 18.7 Å². The quantitative estimate of drug-likeness (QED) is 0.517. The fraction of sp³-hybridized carbons (Fsp3) is 0.429. The van der Waals surface area contributed by atoms with Gasteiger partial charge in [0.05, 0.1) is 30.4 Å². The monoisotopic (exact) mass is 477 g/mol. The molecule has 7 rings (SSSR count). The van der Waals surface area contributed by atoms with E-state index in [0.29, 0.717) is 6.42 Å². The summed E-state index contributed by atoms with van der Waals surface area (Å²) in [6.45, 7) is 0.0504. The second kappa shape index (κ2) is 8.26. The molecule has 35 heavy (non-hydrogen) atoms. The molecule has 2 N–H and O–H groups in total. The van der Waals surface area contributed by atoms with Gasteiger partial charge in [0.15, 0.2) is 0 Å². The molecule has 3 aromatic rings. The Hall–Kier alpha value is -3.06. The lowest BCUT2D eigenvalue weighted by molar-refractivity contribution is -0.148. The number of nitrogens with zero attached hydrogens (tertiary/aromatic N) is 2. The van der Waals surface area contributed by atoms with Gasteiger partial charge in [-0.05, 0) is 62.0 Å². The molecular weight excluding hydrogens is 448 g/mol. The minimum Gasteiger partial charge on any atom is -0.392 e. The molecular formula is C28H29F2N3O2. The van der Waals surface area contributed by atoms with Crippen LogP contribution in [0.15, 0.2) is 55.0 Å². The average molecular weight is 478 g/mol. The SMILES string of the molecule is O=C(NCc1ccc(F)cc1F)C12CCC(C(O)CC3c4ccccc4-c4cncn43)(CC1)CC2. The Morgan fingerprint density at radius 1 is 1.11 bits per heavy atom. The molecule has 3 aliphatic carbocycles. The number of nitrogens with one attached hydrogen (secondary N) is 1. The van der Waals surface area contributed by atoms with Crippen molar-refractivity contribution >= 4 is 5.91 Å². The van der Waals surface area contributed by atoms with Crippen LogP contribution in [0.1, 0.15) is 62.1 Å². The van der Waals surface area contributed by atoms with Crippen molar-refractivity contribution in [3.8, 4) is 11.3 Å². The van der Waals surface area contributed by atoms with Gasteiger partial charge in [0.2, 0.25) is 5.91 Å². The first-order valence-corrected chi connectivity index (χ1v) is 12.4. The molecule has 5 nitrogen and oxygen atoms in total. The summed E-state index contributed by atoms with van der Waals surface area (Å²) in [5.74, 6) is -1.33. The number of carbonyl (C=O) groups excluding carboxylic acids is 1. The first kappa shape index (κ1) is 22.4.